The highest BCUT2D eigenvalue weighted by Crippen LogP contribution is 2.37. The Kier molecular flexibility index (Phi) is 2.28. The third-order valence-electron chi connectivity index (χ3n) is 2.15. The van der Waals surface area contributed by atoms with Gasteiger partial charge in [0.15, 0.2) is 0 Å². The molecule has 1 aromatic carbocycles. The van der Waals surface area contributed by atoms with Crippen LogP contribution in [0.25, 0.3) is 6.08 Å². The molecule has 0 unspecified atom stereocenters. The first-order valence-electron chi connectivity index (χ1n) is 4.26. The maximum Gasteiger partial charge on any atom is 0.339 e. The summed E-state index contributed by atoms with van der Waals surface area (Å²) in [6, 6.07) is 1.30. The van der Waals surface area contributed by atoms with E-state index in [1.165, 1.54) is 6.07 Å². The number of carbonyl (C=O) groups is 1. The average Bonchev–Trinajstić information content (AvgIpc) is 2.23. The van der Waals surface area contributed by atoms with Gasteiger partial charge in [-0.05, 0) is 18.2 Å². The van der Waals surface area contributed by atoms with Gasteiger partial charge in [-0.2, -0.15) is 0 Å². The molecule has 0 amide bonds. The molecule has 0 fully saturated rings. The summed E-state index contributed by atoms with van der Waals surface area (Å²) in [6.45, 7) is 0.342. The summed E-state index contributed by atoms with van der Waals surface area (Å²) in [4.78, 5) is 10.9. The van der Waals surface area contributed by atoms with Crippen molar-refractivity contribution in [3.05, 3.63) is 28.3 Å². The normalized spacial score (nSPS) is 13.1. The molecule has 1 heterocycles. The van der Waals surface area contributed by atoms with Crippen LogP contribution in [-0.4, -0.2) is 17.7 Å². The van der Waals surface area contributed by atoms with Gasteiger partial charge in [-0.3, -0.25) is 0 Å². The van der Waals surface area contributed by atoms with E-state index in [2.05, 4.69) is 0 Å². The monoisotopic (exact) mass is 225 g/mol. The largest absolute Gasteiger partial charge is 0.488 e. The number of hydrogen-bond acceptors (Lipinski definition) is 3. The second-order valence-electron chi connectivity index (χ2n) is 3.08. The van der Waals surface area contributed by atoms with Crippen LogP contribution in [-0.2, 0) is 0 Å². The lowest BCUT2D eigenvalue weighted by Crippen LogP contribution is -2.09. The topological polar surface area (TPSA) is 72.6 Å². The van der Waals surface area contributed by atoms with Crippen molar-refractivity contribution in [1.82, 2.24) is 0 Å². The molecule has 1 aliphatic heterocycles. The SMILES string of the molecule is Nc1c(Cl)cc(C(=O)O)c2c1C=CCO2. The molecule has 0 aromatic heterocycles. The number of nitrogens with two attached hydrogens (primary N) is 1. The van der Waals surface area contributed by atoms with E-state index in [-0.39, 0.29) is 16.3 Å². The maximum atomic E-state index is 10.9. The molecular weight excluding hydrogens is 218 g/mol. The number of rotatable bonds is 1. The Labute approximate surface area is 90.9 Å². The summed E-state index contributed by atoms with van der Waals surface area (Å²) in [7, 11) is 0. The molecule has 5 heteroatoms. The third kappa shape index (κ3) is 1.53. The summed E-state index contributed by atoms with van der Waals surface area (Å²) in [5.74, 6) is -0.796. The molecule has 0 radical (unpaired) electrons. The molecule has 1 aromatic rings. The molecule has 0 spiro atoms. The van der Waals surface area contributed by atoms with Crippen molar-refractivity contribution in [3.63, 3.8) is 0 Å². The lowest BCUT2D eigenvalue weighted by molar-refractivity contribution is 0.0692. The molecule has 0 atom stereocenters. The molecule has 78 valence electrons. The lowest BCUT2D eigenvalue weighted by Gasteiger charge is -2.17. The fourth-order valence-electron chi connectivity index (χ4n) is 1.44. The van der Waals surface area contributed by atoms with Gasteiger partial charge in [-0.1, -0.05) is 11.6 Å². The van der Waals surface area contributed by atoms with Crippen LogP contribution in [0.15, 0.2) is 12.1 Å². The van der Waals surface area contributed by atoms with E-state index < -0.39 is 5.97 Å². The predicted molar refractivity (Wildman–Crippen MR) is 57.4 cm³/mol. The number of halogens is 1. The van der Waals surface area contributed by atoms with Gasteiger partial charge in [0, 0.05) is 5.56 Å². The van der Waals surface area contributed by atoms with Gasteiger partial charge >= 0.3 is 5.97 Å². The summed E-state index contributed by atoms with van der Waals surface area (Å²) in [6.07, 6.45) is 3.47. The van der Waals surface area contributed by atoms with Crippen LogP contribution in [0.4, 0.5) is 5.69 Å². The fraction of sp³-hybridized carbons (Fsp3) is 0.100. The number of ether oxygens (including phenoxy) is 1. The van der Waals surface area contributed by atoms with Gasteiger partial charge in [0.1, 0.15) is 17.9 Å². The zero-order chi connectivity index (χ0) is 11.0. The number of fused-ring (bicyclic) bond motifs is 1. The van der Waals surface area contributed by atoms with Crippen LogP contribution in [0.2, 0.25) is 5.02 Å². The van der Waals surface area contributed by atoms with Crippen LogP contribution in [0.5, 0.6) is 5.75 Å². The molecule has 0 aliphatic carbocycles. The molecule has 4 nitrogen and oxygen atoms in total. The number of carboxylic acid groups (broad SMARTS) is 1. The summed E-state index contributed by atoms with van der Waals surface area (Å²) in [5, 5.41) is 9.18. The van der Waals surface area contributed by atoms with Crippen LogP contribution >= 0.6 is 11.6 Å². The highest BCUT2D eigenvalue weighted by atomic mass is 35.5. The average molecular weight is 226 g/mol. The minimum atomic E-state index is -1.08. The van der Waals surface area contributed by atoms with E-state index in [0.717, 1.165) is 0 Å². The number of benzene rings is 1. The smallest absolute Gasteiger partial charge is 0.339 e. The first kappa shape index (κ1) is 9.86. The zero-order valence-electron chi connectivity index (χ0n) is 7.66. The van der Waals surface area contributed by atoms with Crippen molar-refractivity contribution >= 4 is 29.3 Å². The van der Waals surface area contributed by atoms with Crippen molar-refractivity contribution < 1.29 is 14.6 Å². The van der Waals surface area contributed by atoms with Gasteiger partial charge in [0.2, 0.25) is 0 Å². The minimum absolute atomic E-state index is 0.0357. The summed E-state index contributed by atoms with van der Waals surface area (Å²) >= 11 is 5.82. The molecule has 3 N–H and O–H groups in total. The number of hydrogen-bond donors (Lipinski definition) is 2. The number of aromatic carboxylic acids is 1. The number of nitrogen functional groups attached to an aromatic ring is 1. The molecule has 1 aliphatic rings. The van der Waals surface area contributed by atoms with Gasteiger partial charge in [-0.25, -0.2) is 4.79 Å². The van der Waals surface area contributed by atoms with Crippen molar-refractivity contribution in [1.29, 1.82) is 0 Å². The maximum absolute atomic E-state index is 10.9. The Balaban J connectivity index is 2.74. The van der Waals surface area contributed by atoms with Crippen molar-refractivity contribution in [3.8, 4) is 5.75 Å². The summed E-state index contributed by atoms with van der Waals surface area (Å²) in [5.41, 5.74) is 6.63. The Morgan fingerprint density at radius 2 is 2.33 bits per heavy atom. The van der Waals surface area contributed by atoms with E-state index >= 15 is 0 Å². The Hall–Kier alpha value is -1.68. The van der Waals surface area contributed by atoms with Gasteiger partial charge < -0.3 is 15.6 Å². The molecule has 2 rings (SSSR count). The highest BCUT2D eigenvalue weighted by molar-refractivity contribution is 6.34. The van der Waals surface area contributed by atoms with E-state index in [1.807, 2.05) is 0 Å². The van der Waals surface area contributed by atoms with Crippen molar-refractivity contribution in [2.24, 2.45) is 0 Å². The third-order valence-corrected chi connectivity index (χ3v) is 2.46. The highest BCUT2D eigenvalue weighted by Gasteiger charge is 2.21. The van der Waals surface area contributed by atoms with E-state index in [1.54, 1.807) is 12.2 Å². The number of anilines is 1. The molecule has 0 saturated carbocycles. The number of carboxylic acids is 1. The Bertz CT molecular complexity index is 468. The zero-order valence-corrected chi connectivity index (χ0v) is 8.41. The first-order chi connectivity index (χ1) is 7.11. The van der Waals surface area contributed by atoms with E-state index in [9.17, 15) is 4.79 Å². The summed E-state index contributed by atoms with van der Waals surface area (Å²) < 4.78 is 5.25. The van der Waals surface area contributed by atoms with E-state index in [4.69, 9.17) is 27.2 Å². The van der Waals surface area contributed by atoms with Crippen LogP contribution in [0.1, 0.15) is 15.9 Å². The molecule has 0 bridgehead atoms. The van der Waals surface area contributed by atoms with Crippen LogP contribution in [0, 0.1) is 0 Å². The van der Waals surface area contributed by atoms with Crippen LogP contribution < -0.4 is 10.5 Å². The first-order valence-corrected chi connectivity index (χ1v) is 4.63. The Morgan fingerprint density at radius 1 is 1.60 bits per heavy atom. The predicted octanol–water partition coefficient (Wildman–Crippen LogP) is 2.03. The second kappa shape index (κ2) is 3.47. The Morgan fingerprint density at radius 3 is 3.00 bits per heavy atom. The van der Waals surface area contributed by atoms with E-state index in [0.29, 0.717) is 17.9 Å². The van der Waals surface area contributed by atoms with Crippen molar-refractivity contribution in [2.45, 2.75) is 0 Å². The molecule has 0 saturated heterocycles. The molecule has 15 heavy (non-hydrogen) atoms. The quantitative estimate of drug-likeness (QED) is 0.718. The second-order valence-corrected chi connectivity index (χ2v) is 3.49. The fourth-order valence-corrected chi connectivity index (χ4v) is 1.65. The van der Waals surface area contributed by atoms with Crippen molar-refractivity contribution in [2.75, 3.05) is 12.3 Å². The lowest BCUT2D eigenvalue weighted by atomic mass is 10.0. The minimum Gasteiger partial charge on any atom is -0.488 e. The standard InChI is InChI=1S/C10H8ClNO3/c11-7-4-6(10(13)14)9-5(8(7)12)2-1-3-15-9/h1-2,4H,3,12H2,(H,13,14). The van der Waals surface area contributed by atoms with Gasteiger partial charge in [0.25, 0.3) is 0 Å². The van der Waals surface area contributed by atoms with Gasteiger partial charge in [-0.15, -0.1) is 0 Å². The van der Waals surface area contributed by atoms with Crippen LogP contribution in [0.3, 0.4) is 0 Å². The van der Waals surface area contributed by atoms with Gasteiger partial charge in [0.05, 0.1) is 10.7 Å². The molecular formula is C10H8ClNO3.